The standard InChI is InChI=1S/C11H10Cl2O/c1-2-5-11(7-14-11)9-4-3-8(12)6-10(9)13/h2-4,6H,1,5,7H2. The van der Waals surface area contributed by atoms with Crippen LogP contribution in [-0.2, 0) is 10.3 Å². The van der Waals surface area contributed by atoms with E-state index in [1.54, 1.807) is 6.07 Å². The Morgan fingerprint density at radius 1 is 1.50 bits per heavy atom. The van der Waals surface area contributed by atoms with E-state index < -0.39 is 0 Å². The Morgan fingerprint density at radius 2 is 2.21 bits per heavy atom. The number of hydrogen-bond acceptors (Lipinski definition) is 1. The molecule has 1 saturated heterocycles. The average Bonchev–Trinajstić information content (AvgIpc) is 2.86. The number of benzene rings is 1. The van der Waals surface area contributed by atoms with E-state index >= 15 is 0 Å². The van der Waals surface area contributed by atoms with Crippen molar-refractivity contribution in [2.75, 3.05) is 6.61 Å². The van der Waals surface area contributed by atoms with E-state index in [1.165, 1.54) is 0 Å². The molecule has 2 rings (SSSR count). The van der Waals surface area contributed by atoms with Crippen molar-refractivity contribution < 1.29 is 4.74 Å². The minimum Gasteiger partial charge on any atom is -0.364 e. The number of ether oxygens (including phenoxy) is 1. The lowest BCUT2D eigenvalue weighted by Gasteiger charge is -2.11. The molecule has 0 N–H and O–H groups in total. The van der Waals surface area contributed by atoms with E-state index in [-0.39, 0.29) is 5.60 Å². The smallest absolute Gasteiger partial charge is 0.121 e. The molecule has 1 aliphatic heterocycles. The molecule has 1 unspecified atom stereocenters. The van der Waals surface area contributed by atoms with Crippen LogP contribution in [0.5, 0.6) is 0 Å². The maximum absolute atomic E-state index is 6.09. The molecule has 0 aromatic heterocycles. The van der Waals surface area contributed by atoms with Crippen LogP contribution in [0.25, 0.3) is 0 Å². The highest BCUT2D eigenvalue weighted by molar-refractivity contribution is 6.35. The third kappa shape index (κ3) is 1.68. The Hall–Kier alpha value is -0.500. The Labute approximate surface area is 93.3 Å². The summed E-state index contributed by atoms with van der Waals surface area (Å²) in [7, 11) is 0. The van der Waals surface area contributed by atoms with Crippen LogP contribution in [-0.4, -0.2) is 6.61 Å². The normalized spacial score (nSPS) is 24.7. The predicted octanol–water partition coefficient (Wildman–Crippen LogP) is 3.80. The average molecular weight is 229 g/mol. The Morgan fingerprint density at radius 3 is 2.71 bits per heavy atom. The quantitative estimate of drug-likeness (QED) is 0.567. The molecule has 74 valence electrons. The molecule has 0 radical (unpaired) electrons. The van der Waals surface area contributed by atoms with E-state index in [1.807, 2.05) is 18.2 Å². The summed E-state index contributed by atoms with van der Waals surface area (Å²) < 4.78 is 5.44. The second kappa shape index (κ2) is 3.58. The highest BCUT2D eigenvalue weighted by atomic mass is 35.5. The van der Waals surface area contributed by atoms with E-state index in [4.69, 9.17) is 27.9 Å². The van der Waals surface area contributed by atoms with Crippen molar-refractivity contribution in [3.8, 4) is 0 Å². The molecule has 0 spiro atoms. The van der Waals surface area contributed by atoms with Gasteiger partial charge in [0.2, 0.25) is 0 Å². The first-order valence-electron chi connectivity index (χ1n) is 4.38. The monoisotopic (exact) mass is 228 g/mol. The van der Waals surface area contributed by atoms with Crippen molar-refractivity contribution in [2.24, 2.45) is 0 Å². The van der Waals surface area contributed by atoms with E-state index in [2.05, 4.69) is 6.58 Å². The summed E-state index contributed by atoms with van der Waals surface area (Å²) >= 11 is 11.9. The minimum atomic E-state index is -0.233. The maximum atomic E-state index is 6.09. The molecule has 0 amide bonds. The van der Waals surface area contributed by atoms with Gasteiger partial charge in [-0.3, -0.25) is 0 Å². The SMILES string of the molecule is C=CCC1(c2ccc(Cl)cc2Cl)CO1. The summed E-state index contributed by atoms with van der Waals surface area (Å²) in [6.45, 7) is 4.42. The van der Waals surface area contributed by atoms with Gasteiger partial charge in [-0.2, -0.15) is 0 Å². The van der Waals surface area contributed by atoms with Crippen molar-refractivity contribution >= 4 is 23.2 Å². The van der Waals surface area contributed by atoms with Gasteiger partial charge >= 0.3 is 0 Å². The molecule has 0 bridgehead atoms. The first-order valence-corrected chi connectivity index (χ1v) is 5.14. The van der Waals surface area contributed by atoms with Crippen molar-refractivity contribution in [2.45, 2.75) is 12.0 Å². The molecule has 0 saturated carbocycles. The molecule has 1 aliphatic rings. The lowest BCUT2D eigenvalue weighted by molar-refractivity contribution is 0.310. The van der Waals surface area contributed by atoms with Crippen molar-refractivity contribution in [3.05, 3.63) is 46.5 Å². The zero-order valence-electron chi connectivity index (χ0n) is 7.59. The van der Waals surface area contributed by atoms with Gasteiger partial charge in [0.1, 0.15) is 5.60 Å². The molecule has 1 aromatic rings. The molecule has 3 heteroatoms. The second-order valence-electron chi connectivity index (χ2n) is 3.40. The topological polar surface area (TPSA) is 12.5 Å². The van der Waals surface area contributed by atoms with E-state index in [0.29, 0.717) is 16.7 Å². The number of epoxide rings is 1. The molecule has 1 atom stereocenters. The maximum Gasteiger partial charge on any atom is 0.121 e. The van der Waals surface area contributed by atoms with Gasteiger partial charge in [-0.15, -0.1) is 6.58 Å². The van der Waals surface area contributed by atoms with Gasteiger partial charge in [-0.25, -0.2) is 0 Å². The predicted molar refractivity (Wildman–Crippen MR) is 58.9 cm³/mol. The van der Waals surface area contributed by atoms with Gasteiger partial charge in [0.05, 0.1) is 6.61 Å². The lowest BCUT2D eigenvalue weighted by atomic mass is 9.96. The first-order chi connectivity index (χ1) is 6.68. The lowest BCUT2D eigenvalue weighted by Crippen LogP contribution is -2.07. The van der Waals surface area contributed by atoms with Crippen LogP contribution in [0.4, 0.5) is 0 Å². The zero-order chi connectivity index (χ0) is 10.2. The highest BCUT2D eigenvalue weighted by Crippen LogP contribution is 2.45. The van der Waals surface area contributed by atoms with Crippen LogP contribution in [0.2, 0.25) is 10.0 Å². The highest BCUT2D eigenvalue weighted by Gasteiger charge is 2.46. The number of rotatable bonds is 3. The summed E-state index contributed by atoms with van der Waals surface area (Å²) in [6.07, 6.45) is 2.63. The Bertz CT molecular complexity index is 370. The fourth-order valence-corrected chi connectivity index (χ4v) is 2.14. The van der Waals surface area contributed by atoms with Crippen LogP contribution >= 0.6 is 23.2 Å². The summed E-state index contributed by atoms with van der Waals surface area (Å²) in [5.74, 6) is 0. The van der Waals surface area contributed by atoms with Gasteiger partial charge in [-0.05, 0) is 12.1 Å². The minimum absolute atomic E-state index is 0.233. The summed E-state index contributed by atoms with van der Waals surface area (Å²) in [5.41, 5.74) is 0.770. The fraction of sp³-hybridized carbons (Fsp3) is 0.273. The van der Waals surface area contributed by atoms with Gasteiger partial charge in [-0.1, -0.05) is 35.3 Å². The second-order valence-corrected chi connectivity index (χ2v) is 4.24. The first kappa shape index (κ1) is 10.0. The van der Waals surface area contributed by atoms with Gasteiger partial charge in [0.25, 0.3) is 0 Å². The third-order valence-electron chi connectivity index (χ3n) is 2.39. The molecule has 1 aromatic carbocycles. The summed E-state index contributed by atoms with van der Waals surface area (Å²) in [4.78, 5) is 0. The fourth-order valence-electron chi connectivity index (χ4n) is 1.56. The molecular formula is C11H10Cl2O. The van der Waals surface area contributed by atoms with Gasteiger partial charge < -0.3 is 4.74 Å². The van der Waals surface area contributed by atoms with Crippen molar-refractivity contribution in [3.63, 3.8) is 0 Å². The Balaban J connectivity index is 2.36. The molecule has 1 nitrogen and oxygen atoms in total. The number of halogens is 2. The van der Waals surface area contributed by atoms with Crippen LogP contribution in [0.3, 0.4) is 0 Å². The van der Waals surface area contributed by atoms with Crippen LogP contribution < -0.4 is 0 Å². The van der Waals surface area contributed by atoms with E-state index in [9.17, 15) is 0 Å². The third-order valence-corrected chi connectivity index (χ3v) is 2.94. The molecule has 14 heavy (non-hydrogen) atoms. The van der Waals surface area contributed by atoms with E-state index in [0.717, 1.165) is 12.0 Å². The van der Waals surface area contributed by atoms with Gasteiger partial charge in [0, 0.05) is 22.0 Å². The van der Waals surface area contributed by atoms with Crippen LogP contribution in [0, 0.1) is 0 Å². The van der Waals surface area contributed by atoms with Crippen molar-refractivity contribution in [1.82, 2.24) is 0 Å². The number of hydrogen-bond donors (Lipinski definition) is 0. The Kier molecular flexibility index (Phi) is 2.56. The zero-order valence-corrected chi connectivity index (χ0v) is 9.11. The molecule has 1 fully saturated rings. The molecular weight excluding hydrogens is 219 g/mol. The van der Waals surface area contributed by atoms with Crippen LogP contribution in [0.15, 0.2) is 30.9 Å². The largest absolute Gasteiger partial charge is 0.364 e. The molecule has 1 heterocycles. The van der Waals surface area contributed by atoms with Crippen LogP contribution in [0.1, 0.15) is 12.0 Å². The van der Waals surface area contributed by atoms with Crippen molar-refractivity contribution in [1.29, 1.82) is 0 Å². The molecule has 0 aliphatic carbocycles. The summed E-state index contributed by atoms with van der Waals surface area (Å²) in [5, 5.41) is 1.31. The van der Waals surface area contributed by atoms with Gasteiger partial charge in [0.15, 0.2) is 0 Å². The summed E-state index contributed by atoms with van der Waals surface area (Å²) in [6, 6.07) is 5.49.